The zero-order valence-electron chi connectivity index (χ0n) is 9.40. The van der Waals surface area contributed by atoms with Gasteiger partial charge in [-0.15, -0.1) is 0 Å². The van der Waals surface area contributed by atoms with Gasteiger partial charge in [0, 0.05) is 24.1 Å². The zero-order valence-corrected chi connectivity index (χ0v) is 9.40. The number of aromatic nitrogens is 1. The first-order valence-corrected chi connectivity index (χ1v) is 5.11. The lowest BCUT2D eigenvalue weighted by Gasteiger charge is -2.10. The Morgan fingerprint density at radius 1 is 1.06 bits per heavy atom. The van der Waals surface area contributed by atoms with Gasteiger partial charge in [0.15, 0.2) is 0 Å². The number of anilines is 1. The minimum Gasteiger partial charge on any atom is -0.457 e. The lowest BCUT2D eigenvalue weighted by molar-refractivity contribution is 0.478. The Labute approximate surface area is 94.9 Å². The molecule has 0 aliphatic heterocycles. The minimum absolute atomic E-state index is 0.745. The molecule has 0 atom stereocenters. The molecular formula is C13H14N2O. The molecule has 0 fully saturated rings. The van der Waals surface area contributed by atoms with Gasteiger partial charge >= 0.3 is 0 Å². The molecule has 2 N–H and O–H groups in total. The van der Waals surface area contributed by atoms with Crippen LogP contribution in [0, 0.1) is 13.8 Å². The highest BCUT2D eigenvalue weighted by Crippen LogP contribution is 2.28. The second-order valence-electron chi connectivity index (χ2n) is 3.76. The van der Waals surface area contributed by atoms with E-state index < -0.39 is 0 Å². The van der Waals surface area contributed by atoms with Crippen molar-refractivity contribution in [1.29, 1.82) is 0 Å². The highest BCUT2D eigenvalue weighted by Gasteiger charge is 2.04. The van der Waals surface area contributed by atoms with Gasteiger partial charge in [-0.25, -0.2) is 0 Å². The molecule has 0 aliphatic rings. The summed E-state index contributed by atoms with van der Waals surface area (Å²) in [5.41, 5.74) is 8.74. The van der Waals surface area contributed by atoms with Crippen LogP contribution >= 0.6 is 0 Å². The molecule has 3 heteroatoms. The molecular weight excluding hydrogens is 200 g/mol. The lowest BCUT2D eigenvalue weighted by Crippen LogP contribution is -1.94. The van der Waals surface area contributed by atoms with Gasteiger partial charge in [0.05, 0.1) is 0 Å². The SMILES string of the molecule is Cc1cc(C)c(Oc2ccncc2)cc1N. The van der Waals surface area contributed by atoms with Crippen LogP contribution in [0.3, 0.4) is 0 Å². The van der Waals surface area contributed by atoms with E-state index in [-0.39, 0.29) is 0 Å². The smallest absolute Gasteiger partial charge is 0.132 e. The van der Waals surface area contributed by atoms with Gasteiger partial charge in [0.1, 0.15) is 11.5 Å². The molecule has 16 heavy (non-hydrogen) atoms. The molecule has 0 amide bonds. The maximum Gasteiger partial charge on any atom is 0.132 e. The summed E-state index contributed by atoms with van der Waals surface area (Å²) < 4.78 is 5.72. The maximum atomic E-state index is 5.85. The highest BCUT2D eigenvalue weighted by atomic mass is 16.5. The summed E-state index contributed by atoms with van der Waals surface area (Å²) >= 11 is 0. The van der Waals surface area contributed by atoms with E-state index in [1.807, 2.05) is 38.1 Å². The van der Waals surface area contributed by atoms with Gasteiger partial charge < -0.3 is 10.5 Å². The number of nitrogens with two attached hydrogens (primary N) is 1. The third kappa shape index (κ3) is 2.14. The Hall–Kier alpha value is -2.03. The van der Waals surface area contributed by atoms with Crippen LogP contribution in [0.2, 0.25) is 0 Å². The van der Waals surface area contributed by atoms with Crippen LogP contribution in [-0.4, -0.2) is 4.98 Å². The number of nitrogen functional groups attached to an aromatic ring is 1. The number of pyridine rings is 1. The average molecular weight is 214 g/mol. The van der Waals surface area contributed by atoms with E-state index in [1.54, 1.807) is 12.4 Å². The molecule has 3 nitrogen and oxygen atoms in total. The number of nitrogens with zero attached hydrogens (tertiary/aromatic N) is 1. The number of benzene rings is 1. The van der Waals surface area contributed by atoms with Crippen LogP contribution in [0.1, 0.15) is 11.1 Å². The van der Waals surface area contributed by atoms with Crippen molar-refractivity contribution < 1.29 is 4.74 Å². The van der Waals surface area contributed by atoms with Crippen LogP contribution in [0.15, 0.2) is 36.7 Å². The molecule has 0 radical (unpaired) electrons. The van der Waals surface area contributed by atoms with Crippen LogP contribution in [-0.2, 0) is 0 Å². The van der Waals surface area contributed by atoms with Crippen LogP contribution in [0.5, 0.6) is 11.5 Å². The van der Waals surface area contributed by atoms with Crippen LogP contribution in [0.4, 0.5) is 5.69 Å². The number of aryl methyl sites for hydroxylation is 2. The molecule has 1 heterocycles. The predicted octanol–water partition coefficient (Wildman–Crippen LogP) is 3.07. The summed E-state index contributed by atoms with van der Waals surface area (Å²) in [4.78, 5) is 3.94. The van der Waals surface area contributed by atoms with Crippen molar-refractivity contribution in [1.82, 2.24) is 4.98 Å². The van der Waals surface area contributed by atoms with E-state index in [4.69, 9.17) is 10.5 Å². The van der Waals surface area contributed by atoms with Crippen molar-refractivity contribution in [3.63, 3.8) is 0 Å². The topological polar surface area (TPSA) is 48.1 Å². The summed E-state index contributed by atoms with van der Waals surface area (Å²) in [5.74, 6) is 1.55. The van der Waals surface area contributed by atoms with Gasteiger partial charge in [-0.3, -0.25) is 4.98 Å². The molecule has 0 bridgehead atoms. The fraction of sp³-hybridized carbons (Fsp3) is 0.154. The molecule has 1 aromatic carbocycles. The van der Waals surface area contributed by atoms with Crippen molar-refractivity contribution in [3.8, 4) is 11.5 Å². The van der Waals surface area contributed by atoms with E-state index >= 15 is 0 Å². The van der Waals surface area contributed by atoms with Crippen molar-refractivity contribution in [2.24, 2.45) is 0 Å². The largest absolute Gasteiger partial charge is 0.457 e. The Morgan fingerprint density at radius 2 is 1.75 bits per heavy atom. The lowest BCUT2D eigenvalue weighted by atomic mass is 10.1. The molecule has 1 aromatic heterocycles. The zero-order chi connectivity index (χ0) is 11.5. The molecule has 0 saturated carbocycles. The second-order valence-corrected chi connectivity index (χ2v) is 3.76. The number of hydrogen-bond donors (Lipinski definition) is 1. The van der Waals surface area contributed by atoms with E-state index in [0.717, 1.165) is 28.3 Å². The normalized spacial score (nSPS) is 10.1. The molecule has 2 aromatic rings. The van der Waals surface area contributed by atoms with Gasteiger partial charge in [-0.1, -0.05) is 6.07 Å². The van der Waals surface area contributed by atoms with Crippen molar-refractivity contribution in [3.05, 3.63) is 47.8 Å². The fourth-order valence-corrected chi connectivity index (χ4v) is 1.49. The number of rotatable bonds is 2. The fourth-order valence-electron chi connectivity index (χ4n) is 1.49. The summed E-state index contributed by atoms with van der Waals surface area (Å²) in [6, 6.07) is 7.50. The van der Waals surface area contributed by atoms with Crippen molar-refractivity contribution in [2.45, 2.75) is 13.8 Å². The molecule has 0 spiro atoms. The molecule has 0 saturated heterocycles. The summed E-state index contributed by atoms with van der Waals surface area (Å²) in [6.07, 6.45) is 3.39. The van der Waals surface area contributed by atoms with E-state index in [1.165, 1.54) is 0 Å². The minimum atomic E-state index is 0.745. The summed E-state index contributed by atoms with van der Waals surface area (Å²) in [6.45, 7) is 3.99. The van der Waals surface area contributed by atoms with E-state index in [9.17, 15) is 0 Å². The second kappa shape index (κ2) is 4.23. The van der Waals surface area contributed by atoms with Gasteiger partial charge in [-0.05, 0) is 37.1 Å². The van der Waals surface area contributed by atoms with Crippen LogP contribution < -0.4 is 10.5 Å². The monoisotopic (exact) mass is 214 g/mol. The first-order valence-electron chi connectivity index (χ1n) is 5.11. The number of ether oxygens (including phenoxy) is 1. The Bertz CT molecular complexity index is 495. The first kappa shape index (κ1) is 10.5. The Balaban J connectivity index is 2.32. The standard InChI is InChI=1S/C13H14N2O/c1-9-7-10(2)13(8-12(9)14)16-11-3-5-15-6-4-11/h3-8H,14H2,1-2H3. The molecule has 2 rings (SSSR count). The Morgan fingerprint density at radius 3 is 2.44 bits per heavy atom. The van der Waals surface area contributed by atoms with E-state index in [2.05, 4.69) is 4.98 Å². The Kier molecular flexibility index (Phi) is 2.77. The first-order chi connectivity index (χ1) is 7.66. The number of hydrogen-bond acceptors (Lipinski definition) is 3. The highest BCUT2D eigenvalue weighted by molar-refractivity contribution is 5.54. The van der Waals surface area contributed by atoms with Gasteiger partial charge in [0.25, 0.3) is 0 Å². The molecule has 0 unspecified atom stereocenters. The van der Waals surface area contributed by atoms with Crippen molar-refractivity contribution >= 4 is 5.69 Å². The third-order valence-corrected chi connectivity index (χ3v) is 2.44. The van der Waals surface area contributed by atoms with Crippen LogP contribution in [0.25, 0.3) is 0 Å². The average Bonchev–Trinajstić information content (AvgIpc) is 2.27. The molecule has 82 valence electrons. The quantitative estimate of drug-likeness (QED) is 0.781. The summed E-state index contributed by atoms with van der Waals surface area (Å²) in [7, 11) is 0. The third-order valence-electron chi connectivity index (χ3n) is 2.44. The summed E-state index contributed by atoms with van der Waals surface area (Å²) in [5, 5.41) is 0. The van der Waals surface area contributed by atoms with Gasteiger partial charge in [-0.2, -0.15) is 0 Å². The van der Waals surface area contributed by atoms with Crippen molar-refractivity contribution in [2.75, 3.05) is 5.73 Å². The maximum absolute atomic E-state index is 5.85. The van der Waals surface area contributed by atoms with Gasteiger partial charge in [0.2, 0.25) is 0 Å². The van der Waals surface area contributed by atoms with E-state index in [0.29, 0.717) is 0 Å². The predicted molar refractivity (Wildman–Crippen MR) is 64.6 cm³/mol. The molecule has 0 aliphatic carbocycles.